The van der Waals surface area contributed by atoms with Crippen molar-refractivity contribution in [2.45, 2.75) is 13.2 Å². The first-order valence-electron chi connectivity index (χ1n) is 8.33. The zero-order valence-electron chi connectivity index (χ0n) is 14.8. The molecule has 3 aromatic rings. The molecule has 0 bridgehead atoms. The molecule has 0 saturated carbocycles. The highest BCUT2D eigenvalue weighted by Crippen LogP contribution is 2.31. The molecule has 10 heteroatoms. The van der Waals surface area contributed by atoms with Crippen molar-refractivity contribution in [2.75, 3.05) is 10.6 Å². The number of alkyl halides is 2. The number of halogens is 2. The second-order valence-electron chi connectivity index (χ2n) is 5.80. The van der Waals surface area contributed by atoms with Gasteiger partial charge in [-0.1, -0.05) is 12.1 Å². The van der Waals surface area contributed by atoms with E-state index in [0.717, 1.165) is 11.6 Å². The third kappa shape index (κ3) is 5.28. The van der Waals surface area contributed by atoms with Crippen molar-refractivity contribution in [2.24, 2.45) is 0 Å². The van der Waals surface area contributed by atoms with E-state index in [9.17, 15) is 23.7 Å². The highest BCUT2D eigenvalue weighted by atomic mass is 19.3. The van der Waals surface area contributed by atoms with Gasteiger partial charge >= 0.3 is 6.61 Å². The van der Waals surface area contributed by atoms with Crippen LogP contribution in [0, 0.1) is 10.1 Å². The Balaban J connectivity index is 1.65. The number of ether oxygens (including phenoxy) is 1. The lowest BCUT2D eigenvalue weighted by molar-refractivity contribution is -0.385. The van der Waals surface area contributed by atoms with Crippen molar-refractivity contribution >= 4 is 23.0 Å². The van der Waals surface area contributed by atoms with Gasteiger partial charge in [0.1, 0.15) is 0 Å². The molecular formula is C19H15F2N3O5. The molecule has 1 aromatic heterocycles. The monoisotopic (exact) mass is 403 g/mol. The smallest absolute Gasteiger partial charge is 0.387 e. The number of nitro benzene ring substituents is 1. The first-order valence-corrected chi connectivity index (χ1v) is 8.33. The number of carbonyl (C=O) groups excluding carboxylic acids is 1. The zero-order valence-corrected chi connectivity index (χ0v) is 14.8. The molecule has 150 valence electrons. The number of hydrogen-bond donors (Lipinski definition) is 2. The van der Waals surface area contributed by atoms with E-state index in [0.29, 0.717) is 5.69 Å². The maximum Gasteiger partial charge on any atom is 0.387 e. The van der Waals surface area contributed by atoms with Crippen molar-refractivity contribution in [1.29, 1.82) is 0 Å². The Hall–Kier alpha value is -3.95. The van der Waals surface area contributed by atoms with E-state index < -0.39 is 11.5 Å². The summed E-state index contributed by atoms with van der Waals surface area (Å²) in [4.78, 5) is 22.1. The Bertz CT molecular complexity index is 992. The Morgan fingerprint density at radius 3 is 2.55 bits per heavy atom. The Morgan fingerprint density at radius 1 is 1.17 bits per heavy atom. The molecule has 0 spiro atoms. The van der Waals surface area contributed by atoms with Gasteiger partial charge in [-0.15, -0.1) is 0 Å². The lowest BCUT2D eigenvalue weighted by Gasteiger charge is -2.13. The van der Waals surface area contributed by atoms with Crippen LogP contribution in [-0.2, 0) is 6.54 Å². The molecule has 1 amide bonds. The van der Waals surface area contributed by atoms with Gasteiger partial charge < -0.3 is 19.8 Å². The number of benzene rings is 2. The Morgan fingerprint density at radius 2 is 1.93 bits per heavy atom. The number of nitro groups is 1. The molecule has 29 heavy (non-hydrogen) atoms. The minimum atomic E-state index is -3.12. The lowest BCUT2D eigenvalue weighted by Crippen LogP contribution is -2.11. The van der Waals surface area contributed by atoms with Crippen LogP contribution in [0.4, 0.5) is 25.8 Å². The van der Waals surface area contributed by atoms with E-state index in [1.54, 1.807) is 30.3 Å². The summed E-state index contributed by atoms with van der Waals surface area (Å²) in [6, 6.07) is 13.4. The molecule has 2 aromatic carbocycles. The van der Waals surface area contributed by atoms with Crippen LogP contribution in [0.5, 0.6) is 5.75 Å². The lowest BCUT2D eigenvalue weighted by atomic mass is 10.2. The molecule has 0 unspecified atom stereocenters. The number of nitrogens with one attached hydrogen (secondary N) is 2. The number of furan rings is 1. The predicted molar refractivity (Wildman–Crippen MR) is 100 cm³/mol. The standard InChI is InChI=1S/C19H15F2N3O5/c20-19(21)29-17-10-14(24(26)27)7-8-15(17)22-11-12-3-5-13(6-4-12)23-18(25)16-2-1-9-28-16/h1-10,19,22H,11H2,(H,23,25). The Labute approximate surface area is 163 Å². The summed E-state index contributed by atoms with van der Waals surface area (Å²) >= 11 is 0. The van der Waals surface area contributed by atoms with Gasteiger partial charge in [0.05, 0.1) is 22.9 Å². The molecule has 0 aliphatic rings. The maximum atomic E-state index is 12.6. The van der Waals surface area contributed by atoms with Gasteiger partial charge in [0.2, 0.25) is 0 Å². The third-order valence-corrected chi connectivity index (χ3v) is 3.83. The number of carbonyl (C=O) groups is 1. The van der Waals surface area contributed by atoms with Crippen LogP contribution in [0.2, 0.25) is 0 Å². The average molecular weight is 403 g/mol. The summed E-state index contributed by atoms with van der Waals surface area (Å²) in [5.74, 6) is -0.530. The molecule has 1 heterocycles. The molecule has 0 aliphatic carbocycles. The summed E-state index contributed by atoms with van der Waals surface area (Å²) in [5.41, 5.74) is 1.16. The van der Waals surface area contributed by atoms with Gasteiger partial charge in [0.25, 0.3) is 11.6 Å². The van der Waals surface area contributed by atoms with E-state index in [1.165, 1.54) is 24.5 Å². The van der Waals surface area contributed by atoms with E-state index in [1.807, 2.05) is 0 Å². The predicted octanol–water partition coefficient (Wildman–Crippen LogP) is 4.65. The summed E-state index contributed by atoms with van der Waals surface area (Å²) in [5, 5.41) is 16.4. The van der Waals surface area contributed by atoms with Gasteiger partial charge in [-0.25, -0.2) is 0 Å². The van der Waals surface area contributed by atoms with Crippen molar-refractivity contribution in [3.8, 4) is 5.75 Å². The van der Waals surface area contributed by atoms with Crippen LogP contribution in [-0.4, -0.2) is 17.4 Å². The van der Waals surface area contributed by atoms with Crippen LogP contribution in [0.15, 0.2) is 65.3 Å². The van der Waals surface area contributed by atoms with Gasteiger partial charge in [-0.3, -0.25) is 14.9 Å². The molecule has 0 fully saturated rings. The Kier molecular flexibility index (Phi) is 6.03. The first-order chi connectivity index (χ1) is 13.9. The molecule has 0 atom stereocenters. The fraction of sp³-hybridized carbons (Fsp3) is 0.105. The molecule has 0 saturated heterocycles. The number of non-ortho nitro benzene ring substituents is 1. The van der Waals surface area contributed by atoms with E-state index in [-0.39, 0.29) is 35.3 Å². The third-order valence-electron chi connectivity index (χ3n) is 3.83. The summed E-state index contributed by atoms with van der Waals surface area (Å²) in [6.45, 7) is -2.88. The summed E-state index contributed by atoms with van der Waals surface area (Å²) < 4.78 is 34.5. The second-order valence-corrected chi connectivity index (χ2v) is 5.80. The number of rotatable bonds is 8. The molecule has 0 radical (unpaired) electrons. The van der Waals surface area contributed by atoms with Crippen molar-refractivity contribution < 1.29 is 27.7 Å². The number of amides is 1. The summed E-state index contributed by atoms with van der Waals surface area (Å²) in [7, 11) is 0. The van der Waals surface area contributed by atoms with Gasteiger partial charge in [-0.05, 0) is 35.9 Å². The molecule has 0 aliphatic heterocycles. The van der Waals surface area contributed by atoms with Crippen LogP contribution < -0.4 is 15.4 Å². The fourth-order valence-electron chi connectivity index (χ4n) is 2.47. The fourth-order valence-corrected chi connectivity index (χ4v) is 2.47. The number of anilines is 2. The quantitative estimate of drug-likeness (QED) is 0.419. The molecule has 8 nitrogen and oxygen atoms in total. The topological polar surface area (TPSA) is 107 Å². The summed E-state index contributed by atoms with van der Waals surface area (Å²) in [6.07, 6.45) is 1.40. The van der Waals surface area contributed by atoms with Crippen molar-refractivity contribution in [3.05, 3.63) is 82.3 Å². The van der Waals surface area contributed by atoms with Crippen molar-refractivity contribution in [1.82, 2.24) is 0 Å². The van der Waals surface area contributed by atoms with Crippen LogP contribution >= 0.6 is 0 Å². The number of hydrogen-bond acceptors (Lipinski definition) is 6. The van der Waals surface area contributed by atoms with E-state index >= 15 is 0 Å². The number of nitrogens with zero attached hydrogens (tertiary/aromatic N) is 1. The first kappa shape index (κ1) is 19.8. The van der Waals surface area contributed by atoms with Gasteiger partial charge in [0, 0.05) is 18.3 Å². The minimum absolute atomic E-state index is 0.181. The van der Waals surface area contributed by atoms with E-state index in [4.69, 9.17) is 4.42 Å². The maximum absolute atomic E-state index is 12.6. The van der Waals surface area contributed by atoms with Crippen LogP contribution in [0.3, 0.4) is 0 Å². The minimum Gasteiger partial charge on any atom is -0.459 e. The van der Waals surface area contributed by atoms with Crippen LogP contribution in [0.25, 0.3) is 0 Å². The average Bonchev–Trinajstić information content (AvgIpc) is 3.22. The van der Waals surface area contributed by atoms with Crippen LogP contribution in [0.1, 0.15) is 16.1 Å². The molecular weight excluding hydrogens is 388 g/mol. The molecule has 2 N–H and O–H groups in total. The molecule has 3 rings (SSSR count). The normalized spacial score (nSPS) is 10.6. The highest BCUT2D eigenvalue weighted by Gasteiger charge is 2.15. The van der Waals surface area contributed by atoms with Crippen molar-refractivity contribution in [3.63, 3.8) is 0 Å². The largest absolute Gasteiger partial charge is 0.459 e. The van der Waals surface area contributed by atoms with Gasteiger partial charge in [-0.2, -0.15) is 8.78 Å². The van der Waals surface area contributed by atoms with E-state index in [2.05, 4.69) is 15.4 Å². The zero-order chi connectivity index (χ0) is 20.8. The highest BCUT2D eigenvalue weighted by molar-refractivity contribution is 6.02. The second kappa shape index (κ2) is 8.83. The SMILES string of the molecule is O=C(Nc1ccc(CNc2ccc([N+](=O)[O-])cc2OC(F)F)cc1)c1ccco1. The van der Waals surface area contributed by atoms with Gasteiger partial charge in [0.15, 0.2) is 11.5 Å².